The molecule has 0 radical (unpaired) electrons. The number of ether oxygens (including phenoxy) is 1. The molecule has 1 aromatic rings. The van der Waals surface area contributed by atoms with E-state index in [4.69, 9.17) is 4.74 Å². The third-order valence-corrected chi connectivity index (χ3v) is 6.22. The first kappa shape index (κ1) is 20.2. The van der Waals surface area contributed by atoms with Gasteiger partial charge in [-0.15, -0.1) is 0 Å². The lowest BCUT2D eigenvalue weighted by Crippen LogP contribution is -2.58. The molecular weight excluding hydrogens is 389 g/mol. The molecule has 0 amide bonds. The molecule has 3 aliphatic heterocycles. The lowest BCUT2D eigenvalue weighted by molar-refractivity contribution is -0.182. The maximum Gasteiger partial charge on any atom is 0.413 e. The van der Waals surface area contributed by atoms with Crippen molar-refractivity contribution < 1.29 is 22.7 Å². The molecule has 2 bridgehead atoms. The molecule has 160 valence electrons. The number of aromatic nitrogens is 2. The number of carbonyl (C=O) groups is 1. The summed E-state index contributed by atoms with van der Waals surface area (Å²) in [5.41, 5.74) is -3.75. The number of hydrogen-bond acceptors (Lipinski definition) is 6. The van der Waals surface area contributed by atoms with E-state index >= 15 is 0 Å². The van der Waals surface area contributed by atoms with Crippen LogP contribution in [-0.2, 0) is 16.1 Å². The second-order valence-corrected chi connectivity index (χ2v) is 9.37. The number of halogens is 3. The molecule has 3 aliphatic rings. The number of morpholine rings is 1. The maximum absolute atomic E-state index is 14.0. The van der Waals surface area contributed by atoms with Gasteiger partial charge in [0, 0.05) is 18.0 Å². The minimum atomic E-state index is -4.65. The summed E-state index contributed by atoms with van der Waals surface area (Å²) in [5.74, 6) is -0.111. The summed E-state index contributed by atoms with van der Waals surface area (Å²) in [5, 5.41) is 0. The molecule has 2 saturated heterocycles. The Morgan fingerprint density at radius 2 is 2.03 bits per heavy atom. The topological polar surface area (TPSA) is 67.7 Å². The van der Waals surface area contributed by atoms with Crippen LogP contribution < -0.4 is 15.4 Å². The largest absolute Gasteiger partial charge is 0.413 e. The van der Waals surface area contributed by atoms with E-state index in [0.29, 0.717) is 19.0 Å². The maximum atomic E-state index is 14.0. The molecule has 3 atom stereocenters. The van der Waals surface area contributed by atoms with Crippen LogP contribution in [0.4, 0.5) is 24.9 Å². The molecular formula is C19H25F3N4O3. The molecule has 4 rings (SSSR count). The van der Waals surface area contributed by atoms with E-state index in [1.54, 1.807) is 20.8 Å². The van der Waals surface area contributed by atoms with Crippen molar-refractivity contribution in [3.05, 3.63) is 16.4 Å². The molecule has 0 spiro atoms. The zero-order valence-corrected chi connectivity index (χ0v) is 16.9. The average Bonchev–Trinajstić information content (AvgIpc) is 3.28. The summed E-state index contributed by atoms with van der Waals surface area (Å²) in [4.78, 5) is 32.7. The van der Waals surface area contributed by atoms with Gasteiger partial charge in [0.15, 0.2) is 11.3 Å². The quantitative estimate of drug-likeness (QED) is 0.754. The van der Waals surface area contributed by atoms with Gasteiger partial charge in [-0.2, -0.15) is 18.2 Å². The van der Waals surface area contributed by atoms with Gasteiger partial charge in [-0.05, 0) is 13.3 Å². The zero-order valence-electron chi connectivity index (χ0n) is 16.9. The summed E-state index contributed by atoms with van der Waals surface area (Å²) in [6.07, 6.45) is -3.78. The SMILES string of the molecule is CC(C)(C)C(=O)CN1c2nc(N3CC4CC3CO4)cc(=O)n2CC1(C)C(F)(F)F. The molecule has 0 aliphatic carbocycles. The number of anilines is 2. The highest BCUT2D eigenvalue weighted by atomic mass is 19.4. The van der Waals surface area contributed by atoms with Crippen LogP contribution in [0, 0.1) is 5.41 Å². The molecule has 29 heavy (non-hydrogen) atoms. The summed E-state index contributed by atoms with van der Waals surface area (Å²) in [6.45, 7) is 6.00. The molecule has 7 nitrogen and oxygen atoms in total. The summed E-state index contributed by atoms with van der Waals surface area (Å²) in [7, 11) is 0. The second kappa shape index (κ2) is 6.20. The molecule has 1 aromatic heterocycles. The Bertz CT molecular complexity index is 907. The number of hydrogen-bond donors (Lipinski definition) is 0. The predicted octanol–water partition coefficient (Wildman–Crippen LogP) is 1.98. The molecule has 0 N–H and O–H groups in total. The standard InChI is InChI=1S/C19H25F3N4O3/c1-17(2,3)13(27)8-26-16-23-14(24-7-12-5-11(24)9-29-12)6-15(28)25(16)10-18(26,4)19(20,21)22/h6,11-12H,5,7-10H2,1-4H3. The van der Waals surface area contributed by atoms with Gasteiger partial charge in [-0.25, -0.2) is 0 Å². The average molecular weight is 414 g/mol. The van der Waals surface area contributed by atoms with Crippen LogP contribution in [0.5, 0.6) is 0 Å². The van der Waals surface area contributed by atoms with Gasteiger partial charge in [-0.1, -0.05) is 20.8 Å². The van der Waals surface area contributed by atoms with Gasteiger partial charge in [0.25, 0.3) is 5.56 Å². The summed E-state index contributed by atoms with van der Waals surface area (Å²) < 4.78 is 48.7. The van der Waals surface area contributed by atoms with E-state index in [1.165, 1.54) is 6.07 Å². The minimum Gasteiger partial charge on any atom is -0.374 e. The van der Waals surface area contributed by atoms with Crippen molar-refractivity contribution in [2.75, 3.05) is 29.5 Å². The van der Waals surface area contributed by atoms with Crippen LogP contribution in [0.25, 0.3) is 0 Å². The Labute approximate surface area is 166 Å². The van der Waals surface area contributed by atoms with E-state index in [2.05, 4.69) is 4.98 Å². The van der Waals surface area contributed by atoms with E-state index in [-0.39, 0.29) is 23.9 Å². The fourth-order valence-electron chi connectivity index (χ4n) is 4.15. The summed E-state index contributed by atoms with van der Waals surface area (Å²) in [6, 6.07) is 1.35. The van der Waals surface area contributed by atoms with Crippen LogP contribution in [0.15, 0.2) is 10.9 Å². The van der Waals surface area contributed by atoms with Gasteiger partial charge in [0.1, 0.15) is 5.82 Å². The van der Waals surface area contributed by atoms with Crippen LogP contribution in [0.1, 0.15) is 34.1 Å². The lowest BCUT2D eigenvalue weighted by atomic mass is 9.89. The number of ketones is 1. The zero-order chi connectivity index (χ0) is 21.4. The van der Waals surface area contributed by atoms with Gasteiger partial charge < -0.3 is 14.5 Å². The van der Waals surface area contributed by atoms with Crippen molar-refractivity contribution in [1.29, 1.82) is 0 Å². The molecule has 4 heterocycles. The monoisotopic (exact) mass is 414 g/mol. The normalized spacial score (nSPS) is 28.9. The molecule has 2 fully saturated rings. The fraction of sp³-hybridized carbons (Fsp3) is 0.737. The number of nitrogens with zero attached hydrogens (tertiary/aromatic N) is 4. The molecule has 3 unspecified atom stereocenters. The second-order valence-electron chi connectivity index (χ2n) is 9.37. The predicted molar refractivity (Wildman–Crippen MR) is 100 cm³/mol. The Balaban J connectivity index is 1.78. The third-order valence-electron chi connectivity index (χ3n) is 6.22. The number of Topliss-reactive ketones (excluding diaryl/α,β-unsaturated/α-hetero) is 1. The molecule has 0 saturated carbocycles. The minimum absolute atomic E-state index is 0.0526. The highest BCUT2D eigenvalue weighted by Gasteiger charge is 2.60. The number of rotatable bonds is 3. The van der Waals surface area contributed by atoms with Gasteiger partial charge in [0.05, 0.1) is 31.8 Å². The van der Waals surface area contributed by atoms with Gasteiger partial charge in [0.2, 0.25) is 5.95 Å². The van der Waals surface area contributed by atoms with Crippen LogP contribution in [-0.4, -0.2) is 58.9 Å². The van der Waals surface area contributed by atoms with Crippen molar-refractivity contribution >= 4 is 17.5 Å². The third kappa shape index (κ3) is 3.12. The van der Waals surface area contributed by atoms with Crippen LogP contribution in [0.2, 0.25) is 0 Å². The van der Waals surface area contributed by atoms with E-state index in [0.717, 1.165) is 22.8 Å². The number of carbonyl (C=O) groups excluding carboxylic acids is 1. The highest BCUT2D eigenvalue weighted by molar-refractivity contribution is 5.88. The van der Waals surface area contributed by atoms with Crippen LogP contribution >= 0.6 is 0 Å². The first-order valence-corrected chi connectivity index (χ1v) is 9.69. The van der Waals surface area contributed by atoms with Crippen molar-refractivity contribution in [2.45, 2.75) is 64.5 Å². The molecule has 10 heteroatoms. The van der Waals surface area contributed by atoms with Crippen LogP contribution in [0.3, 0.4) is 0 Å². The van der Waals surface area contributed by atoms with Crippen molar-refractivity contribution in [3.8, 4) is 0 Å². The lowest BCUT2D eigenvalue weighted by Gasteiger charge is -2.37. The Kier molecular flexibility index (Phi) is 4.31. The van der Waals surface area contributed by atoms with E-state index < -0.39 is 35.8 Å². The van der Waals surface area contributed by atoms with Gasteiger partial charge >= 0.3 is 6.18 Å². The fourth-order valence-corrected chi connectivity index (χ4v) is 4.15. The van der Waals surface area contributed by atoms with E-state index in [1.807, 2.05) is 4.90 Å². The van der Waals surface area contributed by atoms with Gasteiger partial charge in [-0.3, -0.25) is 14.2 Å². The first-order valence-electron chi connectivity index (χ1n) is 9.69. The first-order chi connectivity index (χ1) is 13.3. The Hall–Kier alpha value is -2.10. The summed E-state index contributed by atoms with van der Waals surface area (Å²) >= 11 is 0. The van der Waals surface area contributed by atoms with Crippen molar-refractivity contribution in [1.82, 2.24) is 9.55 Å². The Morgan fingerprint density at radius 1 is 1.34 bits per heavy atom. The van der Waals surface area contributed by atoms with Crippen molar-refractivity contribution in [2.24, 2.45) is 5.41 Å². The number of fused-ring (bicyclic) bond motifs is 3. The smallest absolute Gasteiger partial charge is 0.374 e. The molecule has 0 aromatic carbocycles. The number of alkyl halides is 3. The highest BCUT2D eigenvalue weighted by Crippen LogP contribution is 2.44. The Morgan fingerprint density at radius 3 is 2.55 bits per heavy atom. The van der Waals surface area contributed by atoms with Crippen molar-refractivity contribution in [3.63, 3.8) is 0 Å². The van der Waals surface area contributed by atoms with E-state index in [9.17, 15) is 22.8 Å².